The predicted molar refractivity (Wildman–Crippen MR) is 78.1 cm³/mol. The molecule has 110 valence electrons. The van der Waals surface area contributed by atoms with Crippen molar-refractivity contribution in [2.45, 2.75) is 11.4 Å². The summed E-state index contributed by atoms with van der Waals surface area (Å²) in [5.74, 6) is 0.0107. The summed E-state index contributed by atoms with van der Waals surface area (Å²) < 4.78 is 26.0. The number of hydrogen-bond donors (Lipinski definition) is 1. The van der Waals surface area contributed by atoms with Crippen LogP contribution in [0.5, 0.6) is 0 Å². The van der Waals surface area contributed by atoms with Gasteiger partial charge in [0.2, 0.25) is 0 Å². The molecular formula is C14H16N4O2S. The molecule has 1 aromatic heterocycles. The van der Waals surface area contributed by atoms with Gasteiger partial charge in [0.25, 0.3) is 0 Å². The molecule has 1 aromatic carbocycles. The lowest BCUT2D eigenvalue weighted by atomic mass is 10.2. The van der Waals surface area contributed by atoms with Crippen molar-refractivity contribution < 1.29 is 8.42 Å². The molecule has 0 atom stereocenters. The molecule has 0 bridgehead atoms. The van der Waals surface area contributed by atoms with Crippen LogP contribution in [0.3, 0.4) is 0 Å². The van der Waals surface area contributed by atoms with E-state index in [1.54, 1.807) is 10.9 Å². The summed E-state index contributed by atoms with van der Waals surface area (Å²) in [5, 5.41) is 15.8. The van der Waals surface area contributed by atoms with Crippen molar-refractivity contribution in [1.29, 1.82) is 5.26 Å². The van der Waals surface area contributed by atoms with Crippen molar-refractivity contribution in [2.75, 3.05) is 12.3 Å². The second-order valence-corrected chi connectivity index (χ2v) is 6.69. The molecule has 1 heterocycles. The summed E-state index contributed by atoms with van der Waals surface area (Å²) in [5.41, 5.74) is 1.44. The van der Waals surface area contributed by atoms with Crippen LogP contribution in [0.15, 0.2) is 41.4 Å². The molecule has 0 aliphatic rings. The van der Waals surface area contributed by atoms with E-state index in [9.17, 15) is 8.42 Å². The second-order valence-electron chi connectivity index (χ2n) is 4.58. The first kappa shape index (κ1) is 15.2. The fraction of sp³-hybridized carbons (Fsp3) is 0.286. The van der Waals surface area contributed by atoms with Gasteiger partial charge in [-0.05, 0) is 30.3 Å². The Balaban J connectivity index is 1.89. The summed E-state index contributed by atoms with van der Waals surface area (Å²) in [6, 6.07) is 9.79. The molecular weight excluding hydrogens is 288 g/mol. The van der Waals surface area contributed by atoms with E-state index in [1.807, 2.05) is 19.2 Å². The smallest absolute Gasteiger partial charge is 0.179 e. The first-order valence-corrected chi connectivity index (χ1v) is 8.09. The van der Waals surface area contributed by atoms with Gasteiger partial charge in [-0.2, -0.15) is 10.4 Å². The standard InChI is InChI=1S/C14H16N4O2S/c1-18-13(6-7-17-18)11-16-8-9-21(19,20)14-4-2-12(10-15)3-5-14/h2-7,16H,8-9,11H2,1H3. The van der Waals surface area contributed by atoms with Crippen LogP contribution < -0.4 is 5.32 Å². The van der Waals surface area contributed by atoms with Gasteiger partial charge in [-0.15, -0.1) is 0 Å². The average molecular weight is 304 g/mol. The van der Waals surface area contributed by atoms with Gasteiger partial charge in [0, 0.05) is 26.3 Å². The quantitative estimate of drug-likeness (QED) is 0.800. The number of sulfone groups is 1. The van der Waals surface area contributed by atoms with Crippen LogP contribution >= 0.6 is 0 Å². The van der Waals surface area contributed by atoms with Crippen LogP contribution in [0.4, 0.5) is 0 Å². The zero-order chi connectivity index (χ0) is 15.3. The van der Waals surface area contributed by atoms with Gasteiger partial charge in [0.05, 0.1) is 28.0 Å². The minimum Gasteiger partial charge on any atom is -0.310 e. The Bertz CT molecular complexity index is 742. The topological polar surface area (TPSA) is 87.8 Å². The number of nitrogens with zero attached hydrogens (tertiary/aromatic N) is 3. The molecule has 2 rings (SSSR count). The third kappa shape index (κ3) is 3.90. The van der Waals surface area contributed by atoms with Gasteiger partial charge >= 0.3 is 0 Å². The Morgan fingerprint density at radius 1 is 1.29 bits per heavy atom. The van der Waals surface area contributed by atoms with E-state index in [1.165, 1.54) is 24.3 Å². The zero-order valence-electron chi connectivity index (χ0n) is 11.7. The van der Waals surface area contributed by atoms with Crippen LogP contribution in [0.1, 0.15) is 11.3 Å². The molecule has 0 aliphatic heterocycles. The monoisotopic (exact) mass is 304 g/mol. The minimum atomic E-state index is -3.33. The second kappa shape index (κ2) is 6.52. The third-order valence-electron chi connectivity index (χ3n) is 3.12. The number of aryl methyl sites for hydroxylation is 1. The van der Waals surface area contributed by atoms with Crippen LogP contribution in [0.25, 0.3) is 0 Å². The molecule has 0 saturated heterocycles. The number of benzene rings is 1. The largest absolute Gasteiger partial charge is 0.310 e. The maximum Gasteiger partial charge on any atom is 0.179 e. The van der Waals surface area contributed by atoms with Crippen molar-refractivity contribution in [3.63, 3.8) is 0 Å². The Morgan fingerprint density at radius 3 is 2.57 bits per heavy atom. The normalized spacial score (nSPS) is 11.2. The van der Waals surface area contributed by atoms with Gasteiger partial charge in [0.15, 0.2) is 9.84 Å². The van der Waals surface area contributed by atoms with E-state index in [2.05, 4.69) is 10.4 Å². The van der Waals surface area contributed by atoms with Crippen molar-refractivity contribution in [3.8, 4) is 6.07 Å². The van der Waals surface area contributed by atoms with Gasteiger partial charge in [-0.25, -0.2) is 8.42 Å². The molecule has 0 fully saturated rings. The highest BCUT2D eigenvalue weighted by Crippen LogP contribution is 2.11. The SMILES string of the molecule is Cn1nccc1CNCCS(=O)(=O)c1ccc(C#N)cc1. The molecule has 0 radical (unpaired) electrons. The molecule has 0 saturated carbocycles. The van der Waals surface area contributed by atoms with E-state index >= 15 is 0 Å². The van der Waals surface area contributed by atoms with Gasteiger partial charge in [0.1, 0.15) is 0 Å². The van der Waals surface area contributed by atoms with Crippen LogP contribution in [0.2, 0.25) is 0 Å². The van der Waals surface area contributed by atoms with Crippen LogP contribution in [0, 0.1) is 11.3 Å². The molecule has 2 aromatic rings. The summed E-state index contributed by atoms with van der Waals surface area (Å²) >= 11 is 0. The molecule has 1 N–H and O–H groups in total. The highest BCUT2D eigenvalue weighted by molar-refractivity contribution is 7.91. The molecule has 0 spiro atoms. The molecule has 21 heavy (non-hydrogen) atoms. The Hall–Kier alpha value is -2.17. The van der Waals surface area contributed by atoms with Crippen LogP contribution in [-0.2, 0) is 23.4 Å². The summed E-state index contributed by atoms with van der Waals surface area (Å²) in [6.07, 6.45) is 1.70. The van der Waals surface area contributed by atoms with E-state index in [0.29, 0.717) is 18.7 Å². The van der Waals surface area contributed by atoms with Crippen LogP contribution in [-0.4, -0.2) is 30.5 Å². The molecule has 6 nitrogen and oxygen atoms in total. The van der Waals surface area contributed by atoms with Crippen molar-refractivity contribution in [3.05, 3.63) is 47.8 Å². The molecule has 7 heteroatoms. The van der Waals surface area contributed by atoms with Gasteiger partial charge < -0.3 is 5.32 Å². The predicted octanol–water partition coefficient (Wildman–Crippen LogP) is 0.855. The summed E-state index contributed by atoms with van der Waals surface area (Å²) in [4.78, 5) is 0.240. The first-order chi connectivity index (χ1) is 10.0. The minimum absolute atomic E-state index is 0.0107. The molecule has 0 unspecified atom stereocenters. The maximum atomic E-state index is 12.1. The molecule has 0 aliphatic carbocycles. The van der Waals surface area contributed by atoms with E-state index < -0.39 is 9.84 Å². The lowest BCUT2D eigenvalue weighted by molar-refractivity contribution is 0.587. The summed E-state index contributed by atoms with van der Waals surface area (Å²) in [6.45, 7) is 0.924. The highest BCUT2D eigenvalue weighted by atomic mass is 32.2. The number of aromatic nitrogens is 2. The average Bonchev–Trinajstić information content (AvgIpc) is 2.89. The van der Waals surface area contributed by atoms with E-state index in [4.69, 9.17) is 5.26 Å². The Morgan fingerprint density at radius 2 is 2.00 bits per heavy atom. The Kier molecular flexibility index (Phi) is 4.73. The van der Waals surface area contributed by atoms with Crippen molar-refractivity contribution >= 4 is 9.84 Å². The Labute approximate surface area is 123 Å². The lowest BCUT2D eigenvalue weighted by Gasteiger charge is -2.07. The fourth-order valence-electron chi connectivity index (χ4n) is 1.85. The van der Waals surface area contributed by atoms with E-state index in [0.717, 1.165) is 5.69 Å². The highest BCUT2D eigenvalue weighted by Gasteiger charge is 2.13. The van der Waals surface area contributed by atoms with E-state index in [-0.39, 0.29) is 10.6 Å². The van der Waals surface area contributed by atoms with Crippen molar-refractivity contribution in [2.24, 2.45) is 7.05 Å². The lowest BCUT2D eigenvalue weighted by Crippen LogP contribution is -2.23. The molecule has 0 amide bonds. The van der Waals surface area contributed by atoms with Gasteiger partial charge in [-0.1, -0.05) is 0 Å². The number of nitrogens with one attached hydrogen (secondary N) is 1. The van der Waals surface area contributed by atoms with Crippen molar-refractivity contribution in [1.82, 2.24) is 15.1 Å². The number of hydrogen-bond acceptors (Lipinski definition) is 5. The van der Waals surface area contributed by atoms with Gasteiger partial charge in [-0.3, -0.25) is 4.68 Å². The first-order valence-electron chi connectivity index (χ1n) is 6.43. The zero-order valence-corrected chi connectivity index (χ0v) is 12.5. The summed E-state index contributed by atoms with van der Waals surface area (Å²) in [7, 11) is -1.49. The number of rotatable bonds is 6. The fourth-order valence-corrected chi connectivity index (χ4v) is 3.05. The third-order valence-corrected chi connectivity index (χ3v) is 4.85. The maximum absolute atomic E-state index is 12.1. The number of nitriles is 1.